The van der Waals surface area contributed by atoms with Crippen molar-refractivity contribution in [2.75, 3.05) is 13.2 Å². The summed E-state index contributed by atoms with van der Waals surface area (Å²) in [6, 6.07) is 18.6. The molecule has 3 aromatic rings. The highest BCUT2D eigenvalue weighted by Crippen LogP contribution is 2.32. The fraction of sp³-hybridized carbons (Fsp3) is 0.407. The molecule has 0 radical (unpaired) electrons. The molecule has 1 N–H and O–H groups in total. The third-order valence-electron chi connectivity index (χ3n) is 5.84. The van der Waals surface area contributed by atoms with Crippen LogP contribution in [0.15, 0.2) is 54.6 Å². The number of benzene rings is 2. The van der Waals surface area contributed by atoms with Gasteiger partial charge in [0, 0.05) is 19.6 Å². The first-order valence-corrected chi connectivity index (χ1v) is 12.3. The van der Waals surface area contributed by atoms with Crippen LogP contribution in [0.1, 0.15) is 54.1 Å². The number of amides is 1. The largest absolute Gasteiger partial charge is 0.446 e. The van der Waals surface area contributed by atoms with Gasteiger partial charge < -0.3 is 14.7 Å². The Bertz CT molecular complexity index is 1020. The number of nitrogens with zero attached hydrogens (tertiary/aromatic N) is 2. The van der Waals surface area contributed by atoms with Crippen molar-refractivity contribution >= 4 is 17.4 Å². The third kappa shape index (κ3) is 6.89. The van der Waals surface area contributed by atoms with Crippen molar-refractivity contribution in [1.29, 1.82) is 0 Å². The lowest BCUT2D eigenvalue weighted by Crippen LogP contribution is -2.43. The fourth-order valence-corrected chi connectivity index (χ4v) is 4.87. The van der Waals surface area contributed by atoms with Crippen LogP contribution in [0.5, 0.6) is 0 Å². The summed E-state index contributed by atoms with van der Waals surface area (Å²) in [6.07, 6.45) is 1.88. The van der Waals surface area contributed by atoms with Crippen LogP contribution in [-0.4, -0.2) is 40.3 Å². The van der Waals surface area contributed by atoms with Crippen LogP contribution in [0.25, 0.3) is 10.4 Å². The summed E-state index contributed by atoms with van der Waals surface area (Å²) in [7, 11) is 0. The lowest BCUT2D eigenvalue weighted by atomic mass is 10.0. The molecule has 33 heavy (non-hydrogen) atoms. The van der Waals surface area contributed by atoms with E-state index < -0.39 is 0 Å². The highest BCUT2D eigenvalue weighted by molar-refractivity contribution is 7.15. The Morgan fingerprint density at radius 3 is 2.33 bits per heavy atom. The van der Waals surface area contributed by atoms with Crippen molar-refractivity contribution in [3.8, 4) is 10.4 Å². The predicted molar refractivity (Wildman–Crippen MR) is 135 cm³/mol. The molecule has 2 atom stereocenters. The van der Waals surface area contributed by atoms with Crippen LogP contribution in [0.3, 0.4) is 0 Å². The molecule has 0 spiro atoms. The zero-order valence-electron chi connectivity index (χ0n) is 20.0. The Kier molecular flexibility index (Phi) is 9.03. The average Bonchev–Trinajstić information content (AvgIpc) is 3.16. The number of aromatic nitrogens is 1. The molecule has 1 amide bonds. The number of aryl methyl sites for hydroxylation is 3. The maximum atomic E-state index is 12.4. The molecule has 6 heteroatoms. The van der Waals surface area contributed by atoms with Crippen molar-refractivity contribution in [2.24, 2.45) is 0 Å². The average molecular weight is 467 g/mol. The number of ether oxygens (including phenoxy) is 1. The molecular formula is C27H34N2O3S. The number of aliphatic hydroxyl groups is 1. The lowest BCUT2D eigenvalue weighted by molar-refractivity contribution is 0.00760. The SMILES string of the molecule is Cc1ccccc1.Cc1nc(C)c(-c2ccc(C(C)N3CCC(CCCO)OC3=O)cc2)s1. The summed E-state index contributed by atoms with van der Waals surface area (Å²) in [6.45, 7) is 9.00. The minimum atomic E-state index is -0.260. The van der Waals surface area contributed by atoms with E-state index in [0.717, 1.165) is 34.7 Å². The van der Waals surface area contributed by atoms with E-state index in [4.69, 9.17) is 9.84 Å². The standard InChI is InChI=1S/C20H26N2O3S.C7H8/c1-13-19(26-15(3)21-13)17-8-6-16(7-9-17)14(2)22-11-10-18(5-4-12-23)25-20(22)24;1-7-5-3-2-4-6-7/h6-9,14,18,23H,4-5,10-12H2,1-3H3;2-6H,1H3. The Hall–Kier alpha value is -2.70. The molecule has 1 saturated heterocycles. The molecule has 5 nitrogen and oxygen atoms in total. The summed E-state index contributed by atoms with van der Waals surface area (Å²) in [5.74, 6) is 0. The van der Waals surface area contributed by atoms with Crippen LogP contribution < -0.4 is 0 Å². The number of aliphatic hydroxyl groups excluding tert-OH is 1. The van der Waals surface area contributed by atoms with Gasteiger partial charge in [-0.05, 0) is 51.7 Å². The first-order valence-electron chi connectivity index (χ1n) is 11.5. The number of rotatable bonds is 6. The Morgan fingerprint density at radius 1 is 1.12 bits per heavy atom. The molecule has 176 valence electrons. The van der Waals surface area contributed by atoms with Gasteiger partial charge in [-0.25, -0.2) is 9.78 Å². The third-order valence-corrected chi connectivity index (χ3v) is 6.97. The monoisotopic (exact) mass is 466 g/mol. The molecule has 2 unspecified atom stereocenters. The maximum absolute atomic E-state index is 12.4. The van der Waals surface area contributed by atoms with E-state index in [1.54, 1.807) is 16.2 Å². The van der Waals surface area contributed by atoms with Crippen LogP contribution >= 0.6 is 11.3 Å². The van der Waals surface area contributed by atoms with Crippen LogP contribution in [-0.2, 0) is 4.74 Å². The van der Waals surface area contributed by atoms with Gasteiger partial charge in [-0.2, -0.15) is 0 Å². The zero-order valence-corrected chi connectivity index (χ0v) is 20.8. The van der Waals surface area contributed by atoms with E-state index in [9.17, 15) is 4.79 Å². The van der Waals surface area contributed by atoms with E-state index in [0.29, 0.717) is 13.0 Å². The smallest absolute Gasteiger partial charge is 0.410 e. The van der Waals surface area contributed by atoms with Crippen molar-refractivity contribution < 1.29 is 14.6 Å². The molecule has 1 aliphatic heterocycles. The van der Waals surface area contributed by atoms with Crippen LogP contribution in [0.2, 0.25) is 0 Å². The summed E-state index contributed by atoms with van der Waals surface area (Å²) in [5, 5.41) is 9.99. The number of carbonyl (C=O) groups excluding carboxylic acids is 1. The molecule has 1 aliphatic rings. The highest BCUT2D eigenvalue weighted by Gasteiger charge is 2.30. The molecular weight excluding hydrogens is 432 g/mol. The maximum Gasteiger partial charge on any atom is 0.410 e. The minimum absolute atomic E-state index is 0.0281. The normalized spacial score (nSPS) is 16.6. The number of thiazole rings is 1. The number of cyclic esters (lactones) is 1. The van der Waals surface area contributed by atoms with E-state index in [1.807, 2.05) is 39.0 Å². The van der Waals surface area contributed by atoms with Gasteiger partial charge in [0.15, 0.2) is 0 Å². The van der Waals surface area contributed by atoms with Gasteiger partial charge in [-0.1, -0.05) is 60.2 Å². The lowest BCUT2D eigenvalue weighted by Gasteiger charge is -2.35. The second-order valence-corrected chi connectivity index (χ2v) is 9.66. The van der Waals surface area contributed by atoms with E-state index in [2.05, 4.69) is 48.3 Å². The quantitative estimate of drug-likeness (QED) is 0.452. The van der Waals surface area contributed by atoms with Crippen molar-refractivity contribution in [2.45, 2.75) is 59.1 Å². The van der Waals surface area contributed by atoms with Gasteiger partial charge in [0.2, 0.25) is 0 Å². The van der Waals surface area contributed by atoms with Gasteiger partial charge >= 0.3 is 6.09 Å². The molecule has 2 aromatic carbocycles. The highest BCUT2D eigenvalue weighted by atomic mass is 32.1. The number of hydrogen-bond donors (Lipinski definition) is 1. The fourth-order valence-electron chi connectivity index (χ4n) is 3.94. The Labute approximate surface area is 201 Å². The molecule has 2 heterocycles. The zero-order chi connectivity index (χ0) is 23.8. The Balaban J connectivity index is 0.000000374. The van der Waals surface area contributed by atoms with E-state index in [-0.39, 0.29) is 24.8 Å². The van der Waals surface area contributed by atoms with Gasteiger partial charge in [-0.3, -0.25) is 0 Å². The summed E-state index contributed by atoms with van der Waals surface area (Å²) in [5.41, 5.74) is 4.64. The molecule has 1 aromatic heterocycles. The van der Waals surface area contributed by atoms with Gasteiger partial charge in [0.25, 0.3) is 0 Å². The van der Waals surface area contributed by atoms with Crippen molar-refractivity contribution in [3.05, 3.63) is 76.4 Å². The number of carbonyl (C=O) groups is 1. The first-order chi connectivity index (χ1) is 15.9. The Morgan fingerprint density at radius 2 is 1.82 bits per heavy atom. The number of hydrogen-bond acceptors (Lipinski definition) is 5. The van der Waals surface area contributed by atoms with E-state index >= 15 is 0 Å². The molecule has 0 bridgehead atoms. The second kappa shape index (κ2) is 12.0. The molecule has 0 aliphatic carbocycles. The molecule has 4 rings (SSSR count). The first kappa shape index (κ1) is 24.9. The summed E-state index contributed by atoms with van der Waals surface area (Å²) >= 11 is 1.70. The van der Waals surface area contributed by atoms with Crippen LogP contribution in [0, 0.1) is 20.8 Å². The second-order valence-electron chi connectivity index (χ2n) is 8.45. The molecule has 0 saturated carbocycles. The minimum Gasteiger partial charge on any atom is -0.446 e. The predicted octanol–water partition coefficient (Wildman–Crippen LogP) is 6.47. The van der Waals surface area contributed by atoms with Gasteiger partial charge in [-0.15, -0.1) is 11.3 Å². The topological polar surface area (TPSA) is 62.7 Å². The van der Waals surface area contributed by atoms with E-state index in [1.165, 1.54) is 10.4 Å². The van der Waals surface area contributed by atoms with Gasteiger partial charge in [0.05, 0.1) is 21.6 Å². The summed E-state index contributed by atoms with van der Waals surface area (Å²) in [4.78, 5) is 19.8. The summed E-state index contributed by atoms with van der Waals surface area (Å²) < 4.78 is 5.52. The van der Waals surface area contributed by atoms with Crippen LogP contribution in [0.4, 0.5) is 4.79 Å². The van der Waals surface area contributed by atoms with Gasteiger partial charge in [0.1, 0.15) is 6.10 Å². The van der Waals surface area contributed by atoms with Crippen molar-refractivity contribution in [1.82, 2.24) is 9.88 Å². The van der Waals surface area contributed by atoms with Crippen molar-refractivity contribution in [3.63, 3.8) is 0 Å². The molecule has 1 fully saturated rings.